The van der Waals surface area contributed by atoms with Crippen LogP contribution >= 0.6 is 0 Å². The summed E-state index contributed by atoms with van der Waals surface area (Å²) in [4.78, 5) is 64.7. The highest BCUT2D eigenvalue weighted by Gasteiger charge is 2.32. The van der Waals surface area contributed by atoms with Crippen molar-refractivity contribution in [1.82, 2.24) is 4.90 Å². The van der Waals surface area contributed by atoms with Crippen molar-refractivity contribution in [2.75, 3.05) is 34.5 Å². The molecule has 31 heavy (non-hydrogen) atoms. The first-order chi connectivity index (χ1) is 14.4. The van der Waals surface area contributed by atoms with E-state index in [1.54, 1.807) is 4.90 Å². The Bertz CT molecular complexity index is 632. The van der Waals surface area contributed by atoms with Crippen LogP contribution in [0.5, 0.6) is 0 Å². The molecule has 0 spiro atoms. The molecule has 2 unspecified atom stereocenters. The lowest BCUT2D eigenvalue weighted by Crippen LogP contribution is -2.39. The van der Waals surface area contributed by atoms with Gasteiger partial charge in [0.2, 0.25) is 5.91 Å². The number of carbonyl (C=O) groups excluding carboxylic acids is 6. The molecule has 1 amide bonds. The molecule has 1 aliphatic heterocycles. The number of nitrogens with zero attached hydrogens (tertiary/aromatic N) is 1. The molecule has 1 rings (SSSR count). The van der Waals surface area contributed by atoms with Crippen LogP contribution in [0.2, 0.25) is 0 Å². The fourth-order valence-corrected chi connectivity index (χ4v) is 2.21. The van der Waals surface area contributed by atoms with E-state index >= 15 is 0 Å². The molecule has 0 bridgehead atoms. The van der Waals surface area contributed by atoms with Gasteiger partial charge in [0.15, 0.2) is 12.7 Å². The Morgan fingerprint density at radius 2 is 1.48 bits per heavy atom. The second-order valence-corrected chi connectivity index (χ2v) is 6.02. The van der Waals surface area contributed by atoms with Crippen LogP contribution in [0.3, 0.4) is 0 Å². The summed E-state index contributed by atoms with van der Waals surface area (Å²) >= 11 is 0. The van der Waals surface area contributed by atoms with Crippen molar-refractivity contribution < 1.29 is 52.5 Å². The van der Waals surface area contributed by atoms with Crippen molar-refractivity contribution in [3.05, 3.63) is 0 Å². The summed E-state index contributed by atoms with van der Waals surface area (Å²) in [6.45, 7) is 5.76. The highest BCUT2D eigenvalue weighted by atomic mass is 16.6. The molecule has 0 N–H and O–H groups in total. The summed E-state index contributed by atoms with van der Waals surface area (Å²) in [5.74, 6) is -2.43. The lowest BCUT2D eigenvalue weighted by molar-refractivity contribution is -0.163. The number of esters is 5. The quantitative estimate of drug-likeness (QED) is 0.412. The van der Waals surface area contributed by atoms with E-state index < -0.39 is 30.0 Å². The summed E-state index contributed by atoms with van der Waals surface area (Å²) in [6.07, 6.45) is 0.813. The molecule has 178 valence electrons. The van der Waals surface area contributed by atoms with Crippen LogP contribution in [-0.2, 0) is 52.5 Å². The number of hydrogen-bond acceptors (Lipinski definition) is 11. The van der Waals surface area contributed by atoms with Gasteiger partial charge in [0.25, 0.3) is 0 Å². The third kappa shape index (κ3) is 14.4. The molecule has 12 nitrogen and oxygen atoms in total. The van der Waals surface area contributed by atoms with Crippen molar-refractivity contribution in [3.63, 3.8) is 0 Å². The van der Waals surface area contributed by atoms with E-state index in [1.807, 2.05) is 0 Å². The average molecular weight is 449 g/mol. The van der Waals surface area contributed by atoms with Gasteiger partial charge < -0.3 is 28.6 Å². The Hall–Kier alpha value is -3.18. The Morgan fingerprint density at radius 3 is 1.87 bits per heavy atom. The first-order valence-corrected chi connectivity index (χ1v) is 9.21. The molecule has 0 aromatic carbocycles. The normalized spacial score (nSPS) is 14.9. The number of methoxy groups -OCH3 is 3. The Morgan fingerprint density at radius 1 is 0.903 bits per heavy atom. The second-order valence-electron chi connectivity index (χ2n) is 6.02. The zero-order valence-electron chi connectivity index (χ0n) is 18.9. The number of carbonyl (C=O) groups is 6. The van der Waals surface area contributed by atoms with Crippen LogP contribution in [-0.4, -0.2) is 87.3 Å². The van der Waals surface area contributed by atoms with E-state index in [-0.39, 0.29) is 24.5 Å². The maximum Gasteiger partial charge on any atom is 0.346 e. The van der Waals surface area contributed by atoms with Gasteiger partial charge in [0, 0.05) is 27.3 Å². The monoisotopic (exact) mass is 449 g/mol. The zero-order valence-corrected chi connectivity index (χ0v) is 18.9. The maximum atomic E-state index is 11.1. The Kier molecular flexibility index (Phi) is 16.1. The van der Waals surface area contributed by atoms with Crippen LogP contribution in [0.25, 0.3) is 0 Å². The van der Waals surface area contributed by atoms with Crippen molar-refractivity contribution >= 4 is 35.8 Å². The first kappa shape index (κ1) is 30.0. The molecule has 1 saturated heterocycles. The van der Waals surface area contributed by atoms with Crippen LogP contribution < -0.4 is 0 Å². The van der Waals surface area contributed by atoms with Gasteiger partial charge in [-0.2, -0.15) is 0 Å². The summed E-state index contributed by atoms with van der Waals surface area (Å²) in [7, 11) is 3.81. The van der Waals surface area contributed by atoms with Crippen molar-refractivity contribution in [2.45, 2.75) is 52.7 Å². The van der Waals surface area contributed by atoms with Gasteiger partial charge in [-0.15, -0.1) is 0 Å². The molecule has 0 saturated carbocycles. The van der Waals surface area contributed by atoms with Crippen LogP contribution in [0.4, 0.5) is 0 Å². The highest BCUT2D eigenvalue weighted by molar-refractivity contribution is 5.83. The molecular formula is C19H31NO11. The van der Waals surface area contributed by atoms with Gasteiger partial charge in [-0.1, -0.05) is 0 Å². The molecule has 1 fully saturated rings. The lowest BCUT2D eigenvalue weighted by Gasteiger charge is -2.20. The largest absolute Gasteiger partial charge is 0.467 e. The molecule has 0 aliphatic carbocycles. The summed E-state index contributed by atoms with van der Waals surface area (Å²) in [6, 6.07) is -0.340. The topological polar surface area (TPSA) is 152 Å². The zero-order chi connectivity index (χ0) is 24.6. The van der Waals surface area contributed by atoms with Crippen LogP contribution in [0.15, 0.2) is 0 Å². The highest BCUT2D eigenvalue weighted by Crippen LogP contribution is 2.17. The number of hydrogen-bond donors (Lipinski definition) is 0. The second kappa shape index (κ2) is 16.6. The van der Waals surface area contributed by atoms with Gasteiger partial charge >= 0.3 is 29.8 Å². The molecule has 0 radical (unpaired) electrons. The minimum absolute atomic E-state index is 0.0529. The molecule has 0 aromatic rings. The molecule has 1 aliphatic rings. The minimum Gasteiger partial charge on any atom is -0.467 e. The smallest absolute Gasteiger partial charge is 0.346 e. The number of ether oxygens (including phenoxy) is 5. The van der Waals surface area contributed by atoms with Gasteiger partial charge in [0.05, 0.1) is 21.3 Å². The van der Waals surface area contributed by atoms with Crippen LogP contribution in [0.1, 0.15) is 40.5 Å². The molecule has 12 heteroatoms. The summed E-state index contributed by atoms with van der Waals surface area (Å²) in [5.41, 5.74) is 0. The number of rotatable bonds is 5. The Balaban J connectivity index is 0. The first-order valence-electron chi connectivity index (χ1n) is 9.21. The molecule has 1 heterocycles. The van der Waals surface area contributed by atoms with Gasteiger partial charge in [-0.05, 0) is 19.8 Å². The predicted octanol–water partition coefficient (Wildman–Crippen LogP) is 0.00380. The third-order valence-corrected chi connectivity index (χ3v) is 3.63. The van der Waals surface area contributed by atoms with E-state index in [0.717, 1.165) is 12.8 Å². The SMILES string of the molecule is COC(=O)C(C)OC(C)=O.COC(=O)C1CCCN1C(C)=O.COC(=O)COC(C)=O. The number of amides is 1. The van der Waals surface area contributed by atoms with Crippen molar-refractivity contribution in [3.8, 4) is 0 Å². The fraction of sp³-hybridized carbons (Fsp3) is 0.684. The van der Waals surface area contributed by atoms with E-state index in [2.05, 4.69) is 23.7 Å². The molecule has 2 atom stereocenters. The third-order valence-electron chi connectivity index (χ3n) is 3.63. The van der Waals surface area contributed by atoms with Gasteiger partial charge in [-0.3, -0.25) is 14.4 Å². The standard InChI is InChI=1S/C8H13NO3.C6H10O4.C5H8O4/c1-6(10)9-5-3-4-7(9)8(11)12-2;1-4(6(8)9-3)10-5(2)7;1-4(6)9-3-5(7)8-2/h7H,3-5H2,1-2H3;4H,1-3H3;3H2,1-2H3. The van der Waals surface area contributed by atoms with Gasteiger partial charge in [-0.25, -0.2) is 14.4 Å². The van der Waals surface area contributed by atoms with E-state index in [0.29, 0.717) is 6.54 Å². The molecule has 0 aromatic heterocycles. The number of likely N-dealkylation sites (tertiary alicyclic amines) is 1. The minimum atomic E-state index is -0.803. The van der Waals surface area contributed by atoms with Crippen LogP contribution in [0, 0.1) is 0 Å². The summed E-state index contributed by atoms with van der Waals surface area (Å²) in [5, 5.41) is 0. The van der Waals surface area contributed by atoms with E-state index in [1.165, 1.54) is 49.0 Å². The van der Waals surface area contributed by atoms with Crippen molar-refractivity contribution in [2.24, 2.45) is 0 Å². The summed E-state index contributed by atoms with van der Waals surface area (Å²) < 4.78 is 21.8. The average Bonchev–Trinajstić information content (AvgIpc) is 3.21. The molecular weight excluding hydrogens is 418 g/mol. The maximum absolute atomic E-state index is 11.1. The van der Waals surface area contributed by atoms with Crippen molar-refractivity contribution in [1.29, 1.82) is 0 Å². The van der Waals surface area contributed by atoms with E-state index in [9.17, 15) is 28.8 Å². The van der Waals surface area contributed by atoms with Gasteiger partial charge in [0.1, 0.15) is 6.04 Å². The fourth-order valence-electron chi connectivity index (χ4n) is 2.21. The predicted molar refractivity (Wildman–Crippen MR) is 104 cm³/mol. The lowest BCUT2D eigenvalue weighted by atomic mass is 10.2. The Labute approximate surface area is 181 Å². The van der Waals surface area contributed by atoms with E-state index in [4.69, 9.17) is 0 Å².